The van der Waals surface area contributed by atoms with Crippen LogP contribution in [0.3, 0.4) is 0 Å². The van der Waals surface area contributed by atoms with Crippen LogP contribution < -0.4 is 10.6 Å². The van der Waals surface area contributed by atoms with Gasteiger partial charge in [-0.05, 0) is 6.07 Å². The van der Waals surface area contributed by atoms with Crippen molar-refractivity contribution in [1.82, 2.24) is 14.8 Å². The molecule has 4 amide bonds. The van der Waals surface area contributed by atoms with E-state index in [0.717, 1.165) is 0 Å². The minimum absolute atomic E-state index is 0.197. The van der Waals surface area contributed by atoms with E-state index in [-0.39, 0.29) is 12.1 Å². The van der Waals surface area contributed by atoms with E-state index in [4.69, 9.17) is 9.47 Å². The number of nitrogens with one attached hydrogen (secondary N) is 2. The molecule has 0 unspecified atom stereocenters. The molecule has 2 N–H and O–H groups in total. The fourth-order valence-corrected chi connectivity index (χ4v) is 2.51. The number of aromatic nitrogens is 1. The molecule has 2 aliphatic rings. The van der Waals surface area contributed by atoms with Crippen LogP contribution in [0.4, 0.5) is 21.0 Å². The van der Waals surface area contributed by atoms with E-state index < -0.39 is 0 Å². The van der Waals surface area contributed by atoms with E-state index >= 15 is 0 Å². The molecular formula is C15H21N5O4. The van der Waals surface area contributed by atoms with Crippen molar-refractivity contribution in [1.29, 1.82) is 0 Å². The first-order chi connectivity index (χ1) is 11.7. The van der Waals surface area contributed by atoms with Crippen molar-refractivity contribution in [2.75, 3.05) is 63.2 Å². The summed E-state index contributed by atoms with van der Waals surface area (Å²) in [6.45, 7) is 4.42. The Hall–Kier alpha value is -2.39. The van der Waals surface area contributed by atoms with Crippen LogP contribution in [-0.2, 0) is 9.47 Å². The smallest absolute Gasteiger partial charge is 0.322 e. The third-order valence-corrected chi connectivity index (χ3v) is 3.84. The van der Waals surface area contributed by atoms with Crippen LogP contribution >= 0.6 is 0 Å². The summed E-state index contributed by atoms with van der Waals surface area (Å²) in [7, 11) is 0. The van der Waals surface area contributed by atoms with Crippen LogP contribution in [-0.4, -0.2) is 79.5 Å². The van der Waals surface area contributed by atoms with Crippen LogP contribution in [0.15, 0.2) is 18.5 Å². The number of urea groups is 2. The fourth-order valence-electron chi connectivity index (χ4n) is 2.51. The van der Waals surface area contributed by atoms with Gasteiger partial charge in [0.1, 0.15) is 0 Å². The van der Waals surface area contributed by atoms with Crippen LogP contribution in [0.25, 0.3) is 0 Å². The molecule has 130 valence electrons. The number of pyridine rings is 1. The molecule has 1 aromatic heterocycles. The highest BCUT2D eigenvalue weighted by Gasteiger charge is 2.18. The Balaban J connectivity index is 1.57. The first-order valence-electron chi connectivity index (χ1n) is 7.95. The van der Waals surface area contributed by atoms with Gasteiger partial charge in [0, 0.05) is 26.2 Å². The first-order valence-corrected chi connectivity index (χ1v) is 7.95. The van der Waals surface area contributed by atoms with Crippen LogP contribution in [0.1, 0.15) is 0 Å². The Morgan fingerprint density at radius 1 is 0.833 bits per heavy atom. The highest BCUT2D eigenvalue weighted by Crippen LogP contribution is 2.15. The Kier molecular flexibility index (Phi) is 5.44. The van der Waals surface area contributed by atoms with Crippen molar-refractivity contribution >= 4 is 23.4 Å². The maximum absolute atomic E-state index is 12.2. The van der Waals surface area contributed by atoms with Gasteiger partial charge in [0.15, 0.2) is 0 Å². The minimum atomic E-state index is -0.197. The Morgan fingerprint density at radius 3 is 1.67 bits per heavy atom. The van der Waals surface area contributed by atoms with E-state index in [1.807, 2.05) is 0 Å². The molecule has 2 saturated heterocycles. The Morgan fingerprint density at radius 2 is 1.25 bits per heavy atom. The number of rotatable bonds is 2. The summed E-state index contributed by atoms with van der Waals surface area (Å²) < 4.78 is 10.5. The second kappa shape index (κ2) is 7.93. The molecule has 2 fully saturated rings. The van der Waals surface area contributed by atoms with Gasteiger partial charge in [-0.2, -0.15) is 0 Å². The van der Waals surface area contributed by atoms with Gasteiger partial charge < -0.3 is 29.9 Å². The molecule has 0 aromatic carbocycles. The normalized spacial score (nSPS) is 18.2. The maximum atomic E-state index is 12.2. The zero-order valence-corrected chi connectivity index (χ0v) is 13.4. The molecule has 0 spiro atoms. The van der Waals surface area contributed by atoms with Gasteiger partial charge in [-0.25, -0.2) is 9.59 Å². The molecule has 0 atom stereocenters. The quantitative estimate of drug-likeness (QED) is 0.834. The Labute approximate surface area is 139 Å². The van der Waals surface area contributed by atoms with Crippen molar-refractivity contribution in [3.8, 4) is 0 Å². The summed E-state index contributed by atoms with van der Waals surface area (Å²) in [6.07, 6.45) is 3.09. The van der Waals surface area contributed by atoms with Crippen molar-refractivity contribution in [2.24, 2.45) is 0 Å². The summed E-state index contributed by atoms with van der Waals surface area (Å²) >= 11 is 0. The number of anilines is 2. The zero-order chi connectivity index (χ0) is 16.8. The lowest BCUT2D eigenvalue weighted by Gasteiger charge is -2.27. The van der Waals surface area contributed by atoms with E-state index in [0.29, 0.717) is 64.0 Å². The third-order valence-electron chi connectivity index (χ3n) is 3.84. The molecule has 3 rings (SSSR count). The average Bonchev–Trinajstić information content (AvgIpc) is 2.63. The van der Waals surface area contributed by atoms with Gasteiger partial charge >= 0.3 is 12.1 Å². The lowest BCUT2D eigenvalue weighted by molar-refractivity contribution is 0.0564. The third kappa shape index (κ3) is 4.33. The van der Waals surface area contributed by atoms with Crippen LogP contribution in [0.5, 0.6) is 0 Å². The highest BCUT2D eigenvalue weighted by molar-refractivity contribution is 5.92. The SMILES string of the molecule is O=C(Nc1cncc(NC(=O)N2CCOCC2)c1)N1CCOCC1. The zero-order valence-electron chi connectivity index (χ0n) is 13.4. The molecule has 1 aromatic rings. The second-order valence-corrected chi connectivity index (χ2v) is 5.52. The number of carbonyl (C=O) groups is 2. The molecule has 0 bridgehead atoms. The van der Waals surface area contributed by atoms with Crippen LogP contribution in [0.2, 0.25) is 0 Å². The monoisotopic (exact) mass is 335 g/mol. The number of nitrogens with zero attached hydrogens (tertiary/aromatic N) is 3. The number of ether oxygens (including phenoxy) is 2. The maximum Gasteiger partial charge on any atom is 0.322 e. The van der Waals surface area contributed by atoms with Gasteiger partial charge in [0.25, 0.3) is 0 Å². The topological polar surface area (TPSA) is 96.0 Å². The van der Waals surface area contributed by atoms with E-state index in [1.165, 1.54) is 0 Å². The molecule has 0 aliphatic carbocycles. The van der Waals surface area contributed by atoms with E-state index in [9.17, 15) is 9.59 Å². The first kappa shape index (κ1) is 16.5. The number of carbonyl (C=O) groups excluding carboxylic acids is 2. The summed E-state index contributed by atoms with van der Waals surface area (Å²) in [4.78, 5) is 31.8. The van der Waals surface area contributed by atoms with Crippen LogP contribution in [0, 0.1) is 0 Å². The van der Waals surface area contributed by atoms with Crippen molar-refractivity contribution < 1.29 is 19.1 Å². The molecular weight excluding hydrogens is 314 g/mol. The van der Waals surface area contributed by atoms with Crippen molar-refractivity contribution in [2.45, 2.75) is 0 Å². The molecule has 9 nitrogen and oxygen atoms in total. The minimum Gasteiger partial charge on any atom is -0.378 e. The van der Waals surface area contributed by atoms with Gasteiger partial charge in [-0.15, -0.1) is 0 Å². The molecule has 9 heteroatoms. The number of amides is 4. The van der Waals surface area contributed by atoms with Gasteiger partial charge in [-0.1, -0.05) is 0 Å². The molecule has 2 aliphatic heterocycles. The van der Waals surface area contributed by atoms with E-state index in [2.05, 4.69) is 15.6 Å². The van der Waals surface area contributed by atoms with E-state index in [1.54, 1.807) is 28.3 Å². The predicted molar refractivity (Wildman–Crippen MR) is 87.1 cm³/mol. The second-order valence-electron chi connectivity index (χ2n) is 5.52. The molecule has 24 heavy (non-hydrogen) atoms. The molecule has 0 saturated carbocycles. The van der Waals surface area contributed by atoms with Crippen molar-refractivity contribution in [3.63, 3.8) is 0 Å². The summed E-state index contributed by atoms with van der Waals surface area (Å²) in [5.74, 6) is 0. The van der Waals surface area contributed by atoms with Crippen molar-refractivity contribution in [3.05, 3.63) is 18.5 Å². The number of morpholine rings is 2. The van der Waals surface area contributed by atoms with Gasteiger partial charge in [-0.3, -0.25) is 4.98 Å². The fraction of sp³-hybridized carbons (Fsp3) is 0.533. The largest absolute Gasteiger partial charge is 0.378 e. The molecule has 3 heterocycles. The predicted octanol–water partition coefficient (Wildman–Crippen LogP) is 0.810. The Bertz CT molecular complexity index is 538. The average molecular weight is 335 g/mol. The number of hydrogen-bond acceptors (Lipinski definition) is 5. The van der Waals surface area contributed by atoms with Gasteiger partial charge in [0.2, 0.25) is 0 Å². The lowest BCUT2D eigenvalue weighted by atomic mass is 10.3. The summed E-state index contributed by atoms with van der Waals surface area (Å²) in [6, 6.07) is 1.29. The number of hydrogen-bond donors (Lipinski definition) is 2. The summed E-state index contributed by atoms with van der Waals surface area (Å²) in [5, 5.41) is 5.58. The van der Waals surface area contributed by atoms with Gasteiger partial charge in [0.05, 0.1) is 50.2 Å². The highest BCUT2D eigenvalue weighted by atomic mass is 16.5. The summed E-state index contributed by atoms with van der Waals surface area (Å²) in [5.41, 5.74) is 1.07. The standard InChI is InChI=1S/C15H21N5O4/c21-14(19-1-5-23-6-2-19)17-12-9-13(11-16-10-12)18-15(22)20-3-7-24-8-4-20/h9-11H,1-8H2,(H,17,21)(H,18,22). The lowest BCUT2D eigenvalue weighted by Crippen LogP contribution is -2.43. The molecule has 0 radical (unpaired) electrons.